The van der Waals surface area contributed by atoms with Gasteiger partial charge in [0.2, 0.25) is 0 Å². The van der Waals surface area contributed by atoms with Gasteiger partial charge in [-0.15, -0.1) is 0 Å². The van der Waals surface area contributed by atoms with Gasteiger partial charge in [-0.1, -0.05) is 252 Å². The Labute approximate surface area is 257 Å². The lowest BCUT2D eigenvalue weighted by Gasteiger charge is -2.16. The summed E-state index contributed by atoms with van der Waals surface area (Å²) in [5.41, 5.74) is 0. The standard InChI is InChI=1S/C40H82/c1-4-7-9-11-13-15-17-19-21-22-23-24-26-28-30-32-34-36-39-40(37-6-3)38-35-33-31-29-27-25-20-18-16-14-12-10-8-5-2/h40H,4-39H2,1-3H3. The Kier molecular flexibility index (Phi) is 37.0. The fourth-order valence-electron chi connectivity index (χ4n) is 6.80. The number of hydrogen-bond acceptors (Lipinski definition) is 0. The Morgan fingerprint density at radius 2 is 0.400 bits per heavy atom. The first-order valence-corrected chi connectivity index (χ1v) is 19.8. The molecule has 0 N–H and O–H groups in total. The molecule has 0 aromatic carbocycles. The van der Waals surface area contributed by atoms with E-state index >= 15 is 0 Å². The van der Waals surface area contributed by atoms with E-state index in [2.05, 4.69) is 20.8 Å². The van der Waals surface area contributed by atoms with Crippen LogP contribution in [-0.4, -0.2) is 0 Å². The molecular weight excluding hydrogens is 480 g/mol. The van der Waals surface area contributed by atoms with Gasteiger partial charge in [0, 0.05) is 0 Å². The highest BCUT2D eigenvalue weighted by molar-refractivity contribution is 4.61. The first-order chi connectivity index (χ1) is 19.8. The molecule has 0 aliphatic rings. The molecule has 0 aliphatic carbocycles. The predicted octanol–water partition coefficient (Wildman–Crippen LogP) is 15.7. The quantitative estimate of drug-likeness (QED) is 0.0666. The van der Waals surface area contributed by atoms with Crippen LogP contribution in [0.1, 0.15) is 252 Å². The first-order valence-electron chi connectivity index (χ1n) is 19.8. The zero-order valence-corrected chi connectivity index (χ0v) is 29.0. The van der Waals surface area contributed by atoms with Crippen molar-refractivity contribution < 1.29 is 0 Å². The molecular formula is C40H82. The second-order valence-electron chi connectivity index (χ2n) is 13.8. The maximum absolute atomic E-state index is 2.40. The van der Waals surface area contributed by atoms with Crippen molar-refractivity contribution in [2.45, 2.75) is 252 Å². The van der Waals surface area contributed by atoms with Crippen LogP contribution in [0.2, 0.25) is 0 Å². The molecule has 0 aromatic rings. The molecule has 0 amide bonds. The Hall–Kier alpha value is 0. The van der Waals surface area contributed by atoms with Crippen molar-refractivity contribution >= 4 is 0 Å². The molecule has 0 nitrogen and oxygen atoms in total. The summed E-state index contributed by atoms with van der Waals surface area (Å²) < 4.78 is 0. The Morgan fingerprint density at radius 3 is 0.600 bits per heavy atom. The molecule has 0 heteroatoms. The number of rotatable bonds is 36. The van der Waals surface area contributed by atoms with E-state index in [4.69, 9.17) is 0 Å². The van der Waals surface area contributed by atoms with E-state index in [9.17, 15) is 0 Å². The van der Waals surface area contributed by atoms with Crippen LogP contribution in [0.5, 0.6) is 0 Å². The lowest BCUT2D eigenvalue weighted by molar-refractivity contribution is 0.376. The summed E-state index contributed by atoms with van der Waals surface area (Å²) in [6, 6.07) is 0. The molecule has 0 spiro atoms. The van der Waals surface area contributed by atoms with Crippen molar-refractivity contribution in [1.82, 2.24) is 0 Å². The molecule has 0 saturated carbocycles. The van der Waals surface area contributed by atoms with Gasteiger partial charge in [0.25, 0.3) is 0 Å². The summed E-state index contributed by atoms with van der Waals surface area (Å²) in [5.74, 6) is 1.03. The summed E-state index contributed by atoms with van der Waals surface area (Å²) in [6.45, 7) is 7.02. The first kappa shape index (κ1) is 40.0. The average Bonchev–Trinajstić information content (AvgIpc) is 2.96. The van der Waals surface area contributed by atoms with Gasteiger partial charge in [0.1, 0.15) is 0 Å². The van der Waals surface area contributed by atoms with E-state index < -0.39 is 0 Å². The van der Waals surface area contributed by atoms with Gasteiger partial charge in [-0.2, -0.15) is 0 Å². The molecule has 1 unspecified atom stereocenters. The van der Waals surface area contributed by atoms with Crippen molar-refractivity contribution in [3.05, 3.63) is 0 Å². The van der Waals surface area contributed by atoms with Gasteiger partial charge >= 0.3 is 0 Å². The van der Waals surface area contributed by atoms with Crippen molar-refractivity contribution in [2.24, 2.45) is 5.92 Å². The summed E-state index contributed by atoms with van der Waals surface area (Å²) in [6.07, 6.45) is 53.3. The van der Waals surface area contributed by atoms with Crippen molar-refractivity contribution in [2.75, 3.05) is 0 Å². The molecule has 0 aliphatic heterocycles. The minimum absolute atomic E-state index is 1.03. The maximum Gasteiger partial charge on any atom is -0.0414 e. The van der Waals surface area contributed by atoms with Crippen molar-refractivity contribution in [3.63, 3.8) is 0 Å². The zero-order valence-electron chi connectivity index (χ0n) is 29.0. The van der Waals surface area contributed by atoms with Crippen LogP contribution in [0.4, 0.5) is 0 Å². The molecule has 0 bridgehead atoms. The molecule has 0 heterocycles. The average molecular weight is 563 g/mol. The third-order valence-corrected chi connectivity index (χ3v) is 9.63. The van der Waals surface area contributed by atoms with E-state index in [1.165, 1.54) is 231 Å². The van der Waals surface area contributed by atoms with Crippen LogP contribution in [-0.2, 0) is 0 Å². The normalized spacial score (nSPS) is 12.4. The van der Waals surface area contributed by atoms with Crippen LogP contribution >= 0.6 is 0 Å². The predicted molar refractivity (Wildman–Crippen MR) is 187 cm³/mol. The summed E-state index contributed by atoms with van der Waals surface area (Å²) >= 11 is 0. The fourth-order valence-corrected chi connectivity index (χ4v) is 6.80. The van der Waals surface area contributed by atoms with Crippen LogP contribution in [0.25, 0.3) is 0 Å². The zero-order chi connectivity index (χ0) is 29.0. The van der Waals surface area contributed by atoms with E-state index in [1.54, 1.807) is 0 Å². The highest BCUT2D eigenvalue weighted by Crippen LogP contribution is 2.23. The third kappa shape index (κ3) is 34.2. The fraction of sp³-hybridized carbons (Fsp3) is 1.00. The Balaban J connectivity index is 3.34. The van der Waals surface area contributed by atoms with Gasteiger partial charge in [0.05, 0.1) is 0 Å². The molecule has 242 valence electrons. The lowest BCUT2D eigenvalue weighted by Crippen LogP contribution is -2.00. The highest BCUT2D eigenvalue weighted by Gasteiger charge is 2.07. The van der Waals surface area contributed by atoms with Gasteiger partial charge in [-0.3, -0.25) is 0 Å². The van der Waals surface area contributed by atoms with E-state index in [0.29, 0.717) is 0 Å². The van der Waals surface area contributed by atoms with Gasteiger partial charge in [0.15, 0.2) is 0 Å². The van der Waals surface area contributed by atoms with Crippen LogP contribution < -0.4 is 0 Å². The summed E-state index contributed by atoms with van der Waals surface area (Å²) in [7, 11) is 0. The van der Waals surface area contributed by atoms with Gasteiger partial charge in [-0.25, -0.2) is 0 Å². The molecule has 0 rings (SSSR count). The van der Waals surface area contributed by atoms with E-state index in [0.717, 1.165) is 5.92 Å². The highest BCUT2D eigenvalue weighted by atomic mass is 14.1. The van der Waals surface area contributed by atoms with E-state index in [1.807, 2.05) is 0 Å². The van der Waals surface area contributed by atoms with Crippen LogP contribution in [0, 0.1) is 5.92 Å². The summed E-state index contributed by atoms with van der Waals surface area (Å²) in [4.78, 5) is 0. The van der Waals surface area contributed by atoms with Gasteiger partial charge < -0.3 is 0 Å². The minimum Gasteiger partial charge on any atom is -0.0654 e. The second kappa shape index (κ2) is 37.0. The van der Waals surface area contributed by atoms with Gasteiger partial charge in [-0.05, 0) is 5.92 Å². The maximum atomic E-state index is 2.40. The Morgan fingerprint density at radius 1 is 0.200 bits per heavy atom. The number of unbranched alkanes of at least 4 members (excludes halogenated alkanes) is 30. The molecule has 40 heavy (non-hydrogen) atoms. The molecule has 0 fully saturated rings. The van der Waals surface area contributed by atoms with E-state index in [-0.39, 0.29) is 0 Å². The van der Waals surface area contributed by atoms with Crippen molar-refractivity contribution in [1.29, 1.82) is 0 Å². The molecule has 0 aromatic heterocycles. The topological polar surface area (TPSA) is 0 Å². The van der Waals surface area contributed by atoms with Crippen LogP contribution in [0.15, 0.2) is 0 Å². The molecule has 1 atom stereocenters. The van der Waals surface area contributed by atoms with Crippen molar-refractivity contribution in [3.8, 4) is 0 Å². The van der Waals surface area contributed by atoms with Crippen LogP contribution in [0.3, 0.4) is 0 Å². The lowest BCUT2D eigenvalue weighted by atomic mass is 9.90. The second-order valence-corrected chi connectivity index (χ2v) is 13.8. The monoisotopic (exact) mass is 563 g/mol. The summed E-state index contributed by atoms with van der Waals surface area (Å²) in [5, 5.41) is 0. The Bertz CT molecular complexity index is 412. The third-order valence-electron chi connectivity index (χ3n) is 9.63. The largest absolute Gasteiger partial charge is 0.0654 e. The molecule has 0 saturated heterocycles. The molecule has 0 radical (unpaired) electrons. The smallest absolute Gasteiger partial charge is 0.0414 e. The number of hydrogen-bond donors (Lipinski definition) is 0. The minimum atomic E-state index is 1.03. The SMILES string of the molecule is CCCCCCCCCCCCCCCCCCCCC(CCC)CCCCCCCCCCCCCCCC.